The van der Waals surface area contributed by atoms with Crippen molar-refractivity contribution in [1.82, 2.24) is 10.6 Å². The number of carbonyl (C=O) groups excluding carboxylic acids is 2. The molecule has 0 aliphatic rings. The molecule has 0 aliphatic carbocycles. The van der Waals surface area contributed by atoms with Crippen LogP contribution >= 0.6 is 23.1 Å². The molecule has 0 saturated heterocycles. The van der Waals surface area contributed by atoms with E-state index in [2.05, 4.69) is 10.6 Å². The van der Waals surface area contributed by atoms with Crippen LogP contribution in [-0.2, 0) is 10.5 Å². The largest absolute Gasteiger partial charge is 0.468 e. The van der Waals surface area contributed by atoms with E-state index in [1.54, 1.807) is 30.2 Å². The average Bonchev–Trinajstić information content (AvgIpc) is 3.17. The number of thiophene rings is 1. The lowest BCUT2D eigenvalue weighted by molar-refractivity contribution is -0.120. The maximum absolute atomic E-state index is 11.6. The molecule has 5 nitrogen and oxygen atoms in total. The van der Waals surface area contributed by atoms with Crippen molar-refractivity contribution in [3.63, 3.8) is 0 Å². The van der Waals surface area contributed by atoms with Gasteiger partial charge in [-0.05, 0) is 23.6 Å². The third-order valence-corrected chi connectivity index (χ3v) is 4.40. The zero-order valence-corrected chi connectivity index (χ0v) is 13.0. The van der Waals surface area contributed by atoms with E-state index in [9.17, 15) is 9.59 Å². The van der Waals surface area contributed by atoms with Gasteiger partial charge in [-0.1, -0.05) is 6.07 Å². The summed E-state index contributed by atoms with van der Waals surface area (Å²) in [6.07, 6.45) is 1.65. The quantitative estimate of drug-likeness (QED) is 0.730. The van der Waals surface area contributed by atoms with Crippen LogP contribution < -0.4 is 10.6 Å². The summed E-state index contributed by atoms with van der Waals surface area (Å²) in [5.74, 6) is 2.11. The van der Waals surface area contributed by atoms with Gasteiger partial charge in [0.1, 0.15) is 5.76 Å². The lowest BCUT2D eigenvalue weighted by atomic mass is 10.4. The van der Waals surface area contributed by atoms with Crippen LogP contribution in [0.1, 0.15) is 15.4 Å². The van der Waals surface area contributed by atoms with Gasteiger partial charge >= 0.3 is 0 Å². The molecule has 2 aromatic rings. The highest BCUT2D eigenvalue weighted by atomic mass is 32.2. The molecule has 2 rings (SSSR count). The van der Waals surface area contributed by atoms with Gasteiger partial charge in [0.05, 0.1) is 23.4 Å². The molecule has 7 heteroatoms. The summed E-state index contributed by atoms with van der Waals surface area (Å²) >= 11 is 3.03. The van der Waals surface area contributed by atoms with Gasteiger partial charge in [-0.25, -0.2) is 0 Å². The highest BCUT2D eigenvalue weighted by Crippen LogP contribution is 2.11. The first kappa shape index (κ1) is 15.7. The molecule has 0 saturated carbocycles. The second-order valence-electron chi connectivity index (χ2n) is 4.14. The van der Waals surface area contributed by atoms with Crippen LogP contribution in [0.15, 0.2) is 40.3 Å². The van der Waals surface area contributed by atoms with Gasteiger partial charge in [-0.3, -0.25) is 9.59 Å². The zero-order chi connectivity index (χ0) is 14.9. The summed E-state index contributed by atoms with van der Waals surface area (Å²) in [5.41, 5.74) is 0. The maximum atomic E-state index is 11.6. The van der Waals surface area contributed by atoms with Crippen molar-refractivity contribution in [1.29, 1.82) is 0 Å². The Morgan fingerprint density at radius 1 is 1.24 bits per heavy atom. The number of nitrogens with one attached hydrogen (secondary N) is 2. The lowest BCUT2D eigenvalue weighted by Crippen LogP contribution is -2.37. The Labute approximate surface area is 131 Å². The standard InChI is InChI=1S/C14H16N2O3S2/c17-13(9-16-14(18)12-4-2-7-21-12)15-5-8-20-10-11-3-1-6-19-11/h1-4,6-7H,5,8-10H2,(H,15,17)(H,16,18). The minimum Gasteiger partial charge on any atom is -0.468 e. The van der Waals surface area contributed by atoms with Crippen LogP contribution in [0.3, 0.4) is 0 Å². The number of rotatable bonds is 8. The zero-order valence-electron chi connectivity index (χ0n) is 11.3. The highest BCUT2D eigenvalue weighted by molar-refractivity contribution is 7.98. The first-order valence-electron chi connectivity index (χ1n) is 6.44. The van der Waals surface area contributed by atoms with Crippen LogP contribution in [0.4, 0.5) is 0 Å². The molecule has 0 fully saturated rings. The molecule has 112 valence electrons. The molecule has 2 heterocycles. The second-order valence-corrected chi connectivity index (χ2v) is 6.19. The normalized spacial score (nSPS) is 10.3. The van der Waals surface area contributed by atoms with Crippen LogP contribution in [0, 0.1) is 0 Å². The topological polar surface area (TPSA) is 71.3 Å². The van der Waals surface area contributed by atoms with E-state index in [1.807, 2.05) is 17.5 Å². The number of furan rings is 1. The molecule has 0 spiro atoms. The number of carbonyl (C=O) groups is 2. The van der Waals surface area contributed by atoms with Crippen molar-refractivity contribution in [2.45, 2.75) is 5.75 Å². The predicted octanol–water partition coefficient (Wildman–Crippen LogP) is 2.12. The molecule has 2 N–H and O–H groups in total. The summed E-state index contributed by atoms with van der Waals surface area (Å²) in [7, 11) is 0. The van der Waals surface area contributed by atoms with E-state index in [0.29, 0.717) is 11.4 Å². The third-order valence-electron chi connectivity index (χ3n) is 2.55. The van der Waals surface area contributed by atoms with Crippen LogP contribution in [0.5, 0.6) is 0 Å². The summed E-state index contributed by atoms with van der Waals surface area (Å²) in [6, 6.07) is 7.30. The number of hydrogen-bond donors (Lipinski definition) is 2. The fourth-order valence-corrected chi connectivity index (χ4v) is 2.94. The Morgan fingerprint density at radius 3 is 2.86 bits per heavy atom. The van der Waals surface area contributed by atoms with E-state index in [0.717, 1.165) is 17.3 Å². The Kier molecular flexibility index (Phi) is 6.36. The summed E-state index contributed by atoms with van der Waals surface area (Å²) in [6.45, 7) is 0.568. The first-order valence-corrected chi connectivity index (χ1v) is 8.47. The minimum absolute atomic E-state index is 0.000413. The van der Waals surface area contributed by atoms with Gasteiger partial charge in [0.25, 0.3) is 5.91 Å². The molecule has 2 aromatic heterocycles. The average molecular weight is 324 g/mol. The molecule has 2 amide bonds. The smallest absolute Gasteiger partial charge is 0.261 e. The van der Waals surface area contributed by atoms with Gasteiger partial charge < -0.3 is 15.1 Å². The molecule has 0 aromatic carbocycles. The monoisotopic (exact) mass is 324 g/mol. The molecule has 0 unspecified atom stereocenters. The van der Waals surface area contributed by atoms with E-state index in [4.69, 9.17) is 4.42 Å². The van der Waals surface area contributed by atoms with Crippen molar-refractivity contribution in [2.24, 2.45) is 0 Å². The van der Waals surface area contributed by atoms with Gasteiger partial charge in [0.2, 0.25) is 5.91 Å². The Bertz CT molecular complexity index is 553. The number of hydrogen-bond acceptors (Lipinski definition) is 5. The minimum atomic E-state index is -0.215. The SMILES string of the molecule is O=C(CNC(=O)c1cccs1)NCCSCc1ccco1. The number of amides is 2. The van der Waals surface area contributed by atoms with Gasteiger partial charge in [0.15, 0.2) is 0 Å². The number of thioether (sulfide) groups is 1. The third kappa shape index (κ3) is 5.65. The van der Waals surface area contributed by atoms with Gasteiger partial charge in [-0.15, -0.1) is 11.3 Å². The molecule has 0 aliphatic heterocycles. The molecule has 0 bridgehead atoms. The maximum Gasteiger partial charge on any atom is 0.261 e. The molecular formula is C14H16N2O3S2. The highest BCUT2D eigenvalue weighted by Gasteiger charge is 2.08. The first-order chi connectivity index (χ1) is 10.3. The van der Waals surface area contributed by atoms with Gasteiger partial charge in [-0.2, -0.15) is 11.8 Å². The van der Waals surface area contributed by atoms with Crippen molar-refractivity contribution in [3.8, 4) is 0 Å². The summed E-state index contributed by atoms with van der Waals surface area (Å²) in [5, 5.41) is 7.17. The van der Waals surface area contributed by atoms with Crippen molar-refractivity contribution in [3.05, 3.63) is 46.5 Å². The van der Waals surface area contributed by atoms with Crippen LogP contribution in [0.2, 0.25) is 0 Å². The van der Waals surface area contributed by atoms with E-state index in [1.165, 1.54) is 11.3 Å². The Morgan fingerprint density at radius 2 is 2.14 bits per heavy atom. The Hall–Kier alpha value is -1.73. The van der Waals surface area contributed by atoms with Crippen molar-refractivity contribution < 1.29 is 14.0 Å². The summed E-state index contributed by atoms with van der Waals surface area (Å²) in [4.78, 5) is 23.8. The molecule has 21 heavy (non-hydrogen) atoms. The van der Waals surface area contributed by atoms with E-state index in [-0.39, 0.29) is 18.4 Å². The fourth-order valence-electron chi connectivity index (χ4n) is 1.55. The second kappa shape index (κ2) is 8.53. The van der Waals surface area contributed by atoms with E-state index >= 15 is 0 Å². The molecule has 0 atom stereocenters. The lowest BCUT2D eigenvalue weighted by Gasteiger charge is -2.05. The van der Waals surface area contributed by atoms with Crippen molar-refractivity contribution >= 4 is 34.9 Å². The Balaban J connectivity index is 1.52. The van der Waals surface area contributed by atoms with Crippen LogP contribution in [-0.4, -0.2) is 30.7 Å². The van der Waals surface area contributed by atoms with Crippen LogP contribution in [0.25, 0.3) is 0 Å². The predicted molar refractivity (Wildman–Crippen MR) is 84.5 cm³/mol. The van der Waals surface area contributed by atoms with Crippen molar-refractivity contribution in [2.75, 3.05) is 18.8 Å². The molecular weight excluding hydrogens is 308 g/mol. The van der Waals surface area contributed by atoms with Gasteiger partial charge in [0, 0.05) is 12.3 Å². The molecule has 0 radical (unpaired) electrons. The summed E-state index contributed by atoms with van der Waals surface area (Å²) < 4.78 is 5.21. The fraction of sp³-hybridized carbons (Fsp3) is 0.286. The van der Waals surface area contributed by atoms with E-state index < -0.39 is 0 Å².